The molecule has 0 spiro atoms. The molecule has 0 aliphatic rings. The van der Waals surface area contributed by atoms with Crippen molar-refractivity contribution in [2.75, 3.05) is 10.6 Å². The van der Waals surface area contributed by atoms with Crippen molar-refractivity contribution in [3.05, 3.63) is 96.6 Å². The predicted octanol–water partition coefficient (Wildman–Crippen LogP) is 5.19. The van der Waals surface area contributed by atoms with Gasteiger partial charge in [0.05, 0.1) is 16.9 Å². The quantitative estimate of drug-likeness (QED) is 0.355. The summed E-state index contributed by atoms with van der Waals surface area (Å²) in [5.41, 5.74) is 10.4. The molecule has 3 aromatic carbocycles. The molecule has 1 heterocycles. The van der Waals surface area contributed by atoms with Gasteiger partial charge in [0.25, 0.3) is 0 Å². The van der Waals surface area contributed by atoms with Crippen LogP contribution in [0.1, 0.15) is 5.69 Å². The number of rotatable bonds is 5. The lowest BCUT2D eigenvalue weighted by Crippen LogP contribution is -2.03. The number of para-hydroxylation sites is 1. The third-order valence-electron chi connectivity index (χ3n) is 4.42. The van der Waals surface area contributed by atoms with Crippen LogP contribution in [0, 0.1) is 5.82 Å². The van der Waals surface area contributed by atoms with Crippen LogP contribution in [0.3, 0.4) is 0 Å². The van der Waals surface area contributed by atoms with E-state index in [2.05, 4.69) is 15.6 Å². The second-order valence-corrected chi connectivity index (χ2v) is 6.47. The Morgan fingerprint density at radius 3 is 2.55 bits per heavy atom. The minimum absolute atomic E-state index is 0.399. The van der Waals surface area contributed by atoms with Crippen molar-refractivity contribution in [3.63, 3.8) is 0 Å². The second kappa shape index (κ2) is 7.90. The van der Waals surface area contributed by atoms with Crippen LogP contribution >= 0.6 is 0 Å². The van der Waals surface area contributed by atoms with Gasteiger partial charge in [0, 0.05) is 34.7 Å². The van der Waals surface area contributed by atoms with E-state index >= 15 is 0 Å². The number of hydrogen-bond donors (Lipinski definition) is 4. The molecule has 0 amide bonds. The van der Waals surface area contributed by atoms with Gasteiger partial charge in [-0.15, -0.1) is 0 Å². The van der Waals surface area contributed by atoms with Crippen LogP contribution in [-0.4, -0.2) is 10.1 Å². The monoisotopic (exact) mass is 386 g/mol. The fraction of sp³-hybridized carbons (Fsp3) is 0. The lowest BCUT2D eigenvalue weighted by molar-refractivity contribution is 0.432. The number of phenols is 1. The van der Waals surface area contributed by atoms with Gasteiger partial charge in [0.2, 0.25) is 0 Å². The summed E-state index contributed by atoms with van der Waals surface area (Å²) in [6.07, 6.45) is 1.55. The van der Waals surface area contributed by atoms with E-state index in [1.54, 1.807) is 12.3 Å². The normalized spacial score (nSPS) is 11.4. The predicted molar refractivity (Wildman–Crippen MR) is 115 cm³/mol. The Labute approximate surface area is 167 Å². The Hall–Kier alpha value is -4.06. The molecule has 1 aromatic heterocycles. The van der Waals surface area contributed by atoms with Crippen molar-refractivity contribution in [2.24, 2.45) is 5.73 Å². The smallest absolute Gasteiger partial charge is 0.166 e. The van der Waals surface area contributed by atoms with Gasteiger partial charge in [-0.05, 0) is 48.5 Å². The number of anilines is 3. The maximum absolute atomic E-state index is 13.4. The molecule has 0 saturated carbocycles. The molecule has 0 radical (unpaired) electrons. The number of nitrogens with zero attached hydrogens (tertiary/aromatic N) is 1. The van der Waals surface area contributed by atoms with Gasteiger partial charge >= 0.3 is 0 Å². The molecule has 0 unspecified atom stereocenters. The van der Waals surface area contributed by atoms with Gasteiger partial charge in [0.15, 0.2) is 11.6 Å². The first-order chi connectivity index (χ1) is 14.1. The topological polar surface area (TPSA) is 83.2 Å². The molecule has 0 aliphatic heterocycles. The molecule has 144 valence electrons. The lowest BCUT2D eigenvalue weighted by Gasteiger charge is -2.11. The first-order valence-corrected chi connectivity index (χ1v) is 9.03. The molecule has 0 bridgehead atoms. The maximum Gasteiger partial charge on any atom is 0.166 e. The zero-order valence-corrected chi connectivity index (χ0v) is 15.4. The molecule has 5 N–H and O–H groups in total. The van der Waals surface area contributed by atoms with Crippen molar-refractivity contribution >= 4 is 33.7 Å². The van der Waals surface area contributed by atoms with Crippen LogP contribution in [0.25, 0.3) is 16.6 Å². The van der Waals surface area contributed by atoms with Crippen molar-refractivity contribution in [2.45, 2.75) is 0 Å². The summed E-state index contributed by atoms with van der Waals surface area (Å²) >= 11 is 0. The summed E-state index contributed by atoms with van der Waals surface area (Å²) in [4.78, 5) is 4.63. The molecule has 5 nitrogen and oxygen atoms in total. The lowest BCUT2D eigenvalue weighted by atomic mass is 10.1. The highest BCUT2D eigenvalue weighted by atomic mass is 19.1. The van der Waals surface area contributed by atoms with Gasteiger partial charge in [-0.2, -0.15) is 0 Å². The summed E-state index contributed by atoms with van der Waals surface area (Å²) in [5, 5.41) is 16.5. The first-order valence-electron chi connectivity index (χ1n) is 9.03. The highest BCUT2D eigenvalue weighted by Gasteiger charge is 2.06. The number of hydrogen-bond acceptors (Lipinski definition) is 5. The highest BCUT2D eigenvalue weighted by molar-refractivity contribution is 5.94. The van der Waals surface area contributed by atoms with Gasteiger partial charge in [-0.3, -0.25) is 0 Å². The fourth-order valence-corrected chi connectivity index (χ4v) is 2.93. The molecule has 29 heavy (non-hydrogen) atoms. The van der Waals surface area contributed by atoms with E-state index in [1.165, 1.54) is 12.1 Å². The molecular weight excluding hydrogens is 367 g/mol. The Morgan fingerprint density at radius 2 is 1.76 bits per heavy atom. The summed E-state index contributed by atoms with van der Waals surface area (Å²) in [7, 11) is 0. The molecule has 0 aliphatic carbocycles. The number of phenolic OH excluding ortho intramolecular Hbond substituents is 1. The van der Waals surface area contributed by atoms with E-state index in [4.69, 9.17) is 5.73 Å². The van der Waals surface area contributed by atoms with Crippen LogP contribution in [0.4, 0.5) is 21.5 Å². The number of pyridine rings is 1. The highest BCUT2D eigenvalue weighted by Crippen LogP contribution is 2.26. The average molecular weight is 386 g/mol. The van der Waals surface area contributed by atoms with Crippen LogP contribution < -0.4 is 16.4 Å². The Balaban J connectivity index is 1.59. The summed E-state index contributed by atoms with van der Waals surface area (Å²) < 4.78 is 13.4. The third-order valence-corrected chi connectivity index (χ3v) is 4.42. The zero-order valence-electron chi connectivity index (χ0n) is 15.4. The second-order valence-electron chi connectivity index (χ2n) is 6.47. The van der Waals surface area contributed by atoms with Gasteiger partial charge < -0.3 is 21.5 Å². The fourth-order valence-electron chi connectivity index (χ4n) is 2.93. The Morgan fingerprint density at radius 1 is 0.931 bits per heavy atom. The van der Waals surface area contributed by atoms with Crippen molar-refractivity contribution in [1.29, 1.82) is 0 Å². The summed E-state index contributed by atoms with van der Waals surface area (Å²) in [5.74, 6) is -1.10. The standard InChI is InChI=1S/C23H19FN4O/c24-18-13-16(9-12-23(18)29)26-14-19(25)22-11-10-17-20(7-4-8-21(17)28-22)27-15-5-2-1-3-6-15/h1-14,26-27,29H,25H2/b19-14-. The van der Waals surface area contributed by atoms with Crippen LogP contribution in [0.15, 0.2) is 85.1 Å². The maximum atomic E-state index is 13.4. The molecule has 4 aromatic rings. The molecule has 6 heteroatoms. The van der Waals surface area contributed by atoms with Crippen molar-refractivity contribution in [1.82, 2.24) is 4.98 Å². The number of halogens is 1. The van der Waals surface area contributed by atoms with Gasteiger partial charge in [0.1, 0.15) is 0 Å². The summed E-state index contributed by atoms with van der Waals surface area (Å²) in [6.45, 7) is 0. The van der Waals surface area contributed by atoms with Gasteiger partial charge in [-0.1, -0.05) is 24.3 Å². The number of aromatic nitrogens is 1. The summed E-state index contributed by atoms with van der Waals surface area (Å²) in [6, 6.07) is 23.6. The van der Waals surface area contributed by atoms with Crippen molar-refractivity contribution in [3.8, 4) is 5.75 Å². The molecule has 4 rings (SSSR count). The number of nitrogens with two attached hydrogens (primary N) is 1. The van der Waals surface area contributed by atoms with E-state index in [0.29, 0.717) is 17.1 Å². The largest absolute Gasteiger partial charge is 0.505 e. The minimum atomic E-state index is -0.704. The van der Waals surface area contributed by atoms with Crippen LogP contribution in [0.2, 0.25) is 0 Å². The van der Waals surface area contributed by atoms with Gasteiger partial charge in [-0.25, -0.2) is 9.37 Å². The minimum Gasteiger partial charge on any atom is -0.505 e. The van der Waals surface area contributed by atoms with Crippen molar-refractivity contribution < 1.29 is 9.50 Å². The zero-order chi connectivity index (χ0) is 20.2. The number of nitrogens with one attached hydrogen (secondary N) is 2. The average Bonchev–Trinajstić information content (AvgIpc) is 2.75. The Kier molecular flexibility index (Phi) is 4.99. The molecule has 0 fully saturated rings. The SMILES string of the molecule is N/C(=C\Nc1ccc(O)c(F)c1)c1ccc2c(Nc3ccccc3)cccc2n1. The molecule has 0 atom stereocenters. The molecule has 0 saturated heterocycles. The van der Waals surface area contributed by atoms with Crippen LogP contribution in [-0.2, 0) is 0 Å². The van der Waals surface area contributed by atoms with E-state index in [9.17, 15) is 9.50 Å². The number of aromatic hydroxyl groups is 1. The van der Waals surface area contributed by atoms with Crippen LogP contribution in [0.5, 0.6) is 5.75 Å². The third kappa shape index (κ3) is 4.11. The number of fused-ring (bicyclic) bond motifs is 1. The first kappa shape index (κ1) is 18.3. The van der Waals surface area contributed by atoms with E-state index in [0.717, 1.165) is 22.3 Å². The number of benzene rings is 3. The molecular formula is C23H19FN4O. The Bertz CT molecular complexity index is 1190. The van der Waals surface area contributed by atoms with E-state index in [-0.39, 0.29) is 0 Å². The van der Waals surface area contributed by atoms with E-state index in [1.807, 2.05) is 60.7 Å². The van der Waals surface area contributed by atoms with E-state index < -0.39 is 11.6 Å².